The first kappa shape index (κ1) is 12.4. The van der Waals surface area contributed by atoms with Crippen LogP contribution >= 0.6 is 0 Å². The first-order chi connectivity index (χ1) is 7.65. The molecule has 0 amide bonds. The number of rotatable bonds is 6. The van der Waals surface area contributed by atoms with Gasteiger partial charge in [0.25, 0.3) is 0 Å². The maximum atomic E-state index is 13.1. The van der Waals surface area contributed by atoms with Gasteiger partial charge in [0.15, 0.2) is 0 Å². The zero-order valence-corrected chi connectivity index (χ0v) is 8.81. The molecular weight excluding hydrogens is 217 g/mol. The summed E-state index contributed by atoms with van der Waals surface area (Å²) >= 11 is 0. The summed E-state index contributed by atoms with van der Waals surface area (Å²) in [5.41, 5.74) is -0.552. The first-order valence-corrected chi connectivity index (χ1v) is 4.71. The molecule has 1 aromatic carbocycles. The maximum Gasteiger partial charge on any atom is 0.305 e. The third-order valence-corrected chi connectivity index (χ3v) is 1.88. The van der Waals surface area contributed by atoms with Crippen LogP contribution in [0.5, 0.6) is 5.75 Å². The number of halogens is 1. The topological polar surface area (TPSA) is 61.6 Å². The minimum Gasteiger partial charge on any atom is -0.493 e. The molecule has 0 aliphatic carbocycles. The highest BCUT2D eigenvalue weighted by Gasteiger charge is 2.13. The van der Waals surface area contributed by atoms with E-state index in [9.17, 15) is 14.5 Å². The Kier molecular flexibility index (Phi) is 4.65. The standard InChI is InChI=1S/C10H12FNO4/c1-15-5-2-6-16-8-3-4-10(12(13)14)9(11)7-8/h3-4,7H,2,5-6H2,1H3. The molecule has 0 saturated carbocycles. The summed E-state index contributed by atoms with van der Waals surface area (Å²) in [6, 6.07) is 3.46. The van der Waals surface area contributed by atoms with Crippen LogP contribution in [-0.2, 0) is 4.74 Å². The summed E-state index contributed by atoms with van der Waals surface area (Å²) in [6.45, 7) is 0.931. The Balaban J connectivity index is 2.56. The minimum atomic E-state index is -0.894. The van der Waals surface area contributed by atoms with Crippen molar-refractivity contribution in [2.45, 2.75) is 6.42 Å². The van der Waals surface area contributed by atoms with Gasteiger partial charge in [0.1, 0.15) is 5.75 Å². The van der Waals surface area contributed by atoms with Gasteiger partial charge >= 0.3 is 5.69 Å². The van der Waals surface area contributed by atoms with E-state index in [1.807, 2.05) is 0 Å². The van der Waals surface area contributed by atoms with Crippen molar-refractivity contribution in [1.82, 2.24) is 0 Å². The molecule has 0 aliphatic heterocycles. The molecule has 88 valence electrons. The van der Waals surface area contributed by atoms with Crippen LogP contribution < -0.4 is 4.74 Å². The summed E-state index contributed by atoms with van der Waals surface area (Å²) in [5, 5.41) is 10.3. The molecule has 6 heteroatoms. The molecule has 0 bridgehead atoms. The van der Waals surface area contributed by atoms with Crippen molar-refractivity contribution in [2.24, 2.45) is 0 Å². The van der Waals surface area contributed by atoms with Gasteiger partial charge in [-0.05, 0) is 6.07 Å². The van der Waals surface area contributed by atoms with Crippen LogP contribution in [0.1, 0.15) is 6.42 Å². The molecule has 0 unspecified atom stereocenters. The van der Waals surface area contributed by atoms with E-state index in [0.29, 0.717) is 19.6 Å². The molecule has 0 N–H and O–H groups in total. The van der Waals surface area contributed by atoms with E-state index < -0.39 is 16.4 Å². The monoisotopic (exact) mass is 229 g/mol. The number of nitro benzene ring substituents is 1. The first-order valence-electron chi connectivity index (χ1n) is 4.71. The molecule has 16 heavy (non-hydrogen) atoms. The molecule has 0 aliphatic rings. The Hall–Kier alpha value is -1.69. The lowest BCUT2D eigenvalue weighted by Crippen LogP contribution is -2.02. The van der Waals surface area contributed by atoms with Crippen molar-refractivity contribution in [3.05, 3.63) is 34.1 Å². The molecule has 0 spiro atoms. The molecule has 0 atom stereocenters. The fourth-order valence-corrected chi connectivity index (χ4v) is 1.12. The molecule has 0 radical (unpaired) electrons. The zero-order chi connectivity index (χ0) is 12.0. The normalized spacial score (nSPS) is 10.1. The van der Waals surface area contributed by atoms with E-state index in [2.05, 4.69) is 0 Å². The fourth-order valence-electron chi connectivity index (χ4n) is 1.12. The second kappa shape index (κ2) is 6.02. The van der Waals surface area contributed by atoms with Crippen LogP contribution in [0.2, 0.25) is 0 Å². The third-order valence-electron chi connectivity index (χ3n) is 1.88. The highest BCUT2D eigenvalue weighted by molar-refractivity contribution is 5.37. The highest BCUT2D eigenvalue weighted by atomic mass is 19.1. The van der Waals surface area contributed by atoms with Gasteiger partial charge in [-0.2, -0.15) is 4.39 Å². The van der Waals surface area contributed by atoms with Gasteiger partial charge in [-0.1, -0.05) is 0 Å². The molecule has 0 fully saturated rings. The van der Waals surface area contributed by atoms with E-state index in [1.165, 1.54) is 6.07 Å². The van der Waals surface area contributed by atoms with E-state index in [0.717, 1.165) is 12.1 Å². The van der Waals surface area contributed by atoms with Crippen LogP contribution in [0.3, 0.4) is 0 Å². The highest BCUT2D eigenvalue weighted by Crippen LogP contribution is 2.22. The quantitative estimate of drug-likeness (QED) is 0.426. The molecule has 5 nitrogen and oxygen atoms in total. The molecule has 0 saturated heterocycles. The third kappa shape index (κ3) is 3.47. The number of hydrogen-bond donors (Lipinski definition) is 0. The molecule has 0 heterocycles. The minimum absolute atomic E-state index is 0.277. The summed E-state index contributed by atoms with van der Waals surface area (Å²) < 4.78 is 23.1. The van der Waals surface area contributed by atoms with Gasteiger partial charge in [-0.25, -0.2) is 0 Å². The van der Waals surface area contributed by atoms with E-state index in [-0.39, 0.29) is 5.75 Å². The van der Waals surface area contributed by atoms with Crippen LogP contribution in [0, 0.1) is 15.9 Å². The predicted molar refractivity (Wildman–Crippen MR) is 55.0 cm³/mol. The van der Waals surface area contributed by atoms with Crippen molar-refractivity contribution < 1.29 is 18.8 Å². The lowest BCUT2D eigenvalue weighted by molar-refractivity contribution is -0.387. The van der Waals surface area contributed by atoms with Crippen LogP contribution in [0.4, 0.5) is 10.1 Å². The second-order valence-electron chi connectivity index (χ2n) is 3.07. The molecule has 1 rings (SSSR count). The molecule has 0 aromatic heterocycles. The number of methoxy groups -OCH3 is 1. The van der Waals surface area contributed by atoms with Crippen molar-refractivity contribution in [3.8, 4) is 5.75 Å². The smallest absolute Gasteiger partial charge is 0.305 e. The van der Waals surface area contributed by atoms with E-state index >= 15 is 0 Å². The van der Waals surface area contributed by atoms with Crippen molar-refractivity contribution in [1.29, 1.82) is 0 Å². The van der Waals surface area contributed by atoms with Gasteiger partial charge in [0.2, 0.25) is 5.82 Å². The Labute approximate surface area is 91.9 Å². The summed E-state index contributed by atoms with van der Waals surface area (Å²) in [4.78, 5) is 9.57. The number of ether oxygens (including phenoxy) is 2. The largest absolute Gasteiger partial charge is 0.493 e. The Morgan fingerprint density at radius 1 is 1.44 bits per heavy atom. The van der Waals surface area contributed by atoms with Crippen LogP contribution in [0.25, 0.3) is 0 Å². The number of nitrogens with zero attached hydrogens (tertiary/aromatic N) is 1. The van der Waals surface area contributed by atoms with Crippen LogP contribution in [0.15, 0.2) is 18.2 Å². The van der Waals surface area contributed by atoms with Gasteiger partial charge in [-0.3, -0.25) is 10.1 Å². The number of benzene rings is 1. The lowest BCUT2D eigenvalue weighted by atomic mass is 10.3. The second-order valence-corrected chi connectivity index (χ2v) is 3.07. The zero-order valence-electron chi connectivity index (χ0n) is 8.81. The summed E-state index contributed by atoms with van der Waals surface area (Å²) in [6.07, 6.45) is 0.676. The Morgan fingerprint density at radius 2 is 2.19 bits per heavy atom. The van der Waals surface area contributed by atoms with E-state index in [4.69, 9.17) is 9.47 Å². The van der Waals surface area contributed by atoms with Crippen molar-refractivity contribution in [3.63, 3.8) is 0 Å². The Bertz CT molecular complexity index is 370. The van der Waals surface area contributed by atoms with Gasteiger partial charge in [0, 0.05) is 32.3 Å². The predicted octanol–water partition coefficient (Wildman–Crippen LogP) is 2.15. The average molecular weight is 229 g/mol. The maximum absolute atomic E-state index is 13.1. The average Bonchev–Trinajstić information content (AvgIpc) is 2.24. The number of hydrogen-bond acceptors (Lipinski definition) is 4. The molecular formula is C10H12FNO4. The SMILES string of the molecule is COCCCOc1ccc([N+](=O)[O-])c(F)c1. The van der Waals surface area contributed by atoms with Gasteiger partial charge in [-0.15, -0.1) is 0 Å². The van der Waals surface area contributed by atoms with E-state index in [1.54, 1.807) is 7.11 Å². The molecule has 1 aromatic rings. The summed E-state index contributed by atoms with van der Waals surface area (Å²) in [7, 11) is 1.57. The summed E-state index contributed by atoms with van der Waals surface area (Å²) in [5.74, 6) is -0.617. The number of nitro groups is 1. The van der Waals surface area contributed by atoms with Crippen LogP contribution in [-0.4, -0.2) is 25.2 Å². The van der Waals surface area contributed by atoms with Gasteiger partial charge in [0.05, 0.1) is 11.5 Å². The Morgan fingerprint density at radius 3 is 2.75 bits per heavy atom. The lowest BCUT2D eigenvalue weighted by Gasteiger charge is -2.05. The van der Waals surface area contributed by atoms with Crippen molar-refractivity contribution in [2.75, 3.05) is 20.3 Å². The fraction of sp³-hybridized carbons (Fsp3) is 0.400. The van der Waals surface area contributed by atoms with Crippen molar-refractivity contribution >= 4 is 5.69 Å². The van der Waals surface area contributed by atoms with Gasteiger partial charge < -0.3 is 9.47 Å².